The molecular weight excluding hydrogens is 439 g/mol. The number of hydrogen-bond acceptors (Lipinski definition) is 5. The number of sulfonamides is 1. The monoisotopic (exact) mass is 460 g/mol. The highest BCUT2D eigenvalue weighted by Gasteiger charge is 2.26. The van der Waals surface area contributed by atoms with Crippen LogP contribution in [0.1, 0.15) is 12.0 Å². The van der Waals surface area contributed by atoms with E-state index in [4.69, 9.17) is 4.74 Å². The summed E-state index contributed by atoms with van der Waals surface area (Å²) in [7, 11) is -2.14. The molecule has 2 aromatic carbocycles. The van der Waals surface area contributed by atoms with E-state index in [1.807, 2.05) is 6.07 Å². The van der Waals surface area contributed by atoms with Crippen molar-refractivity contribution in [3.63, 3.8) is 0 Å². The van der Waals surface area contributed by atoms with E-state index in [-0.39, 0.29) is 16.7 Å². The van der Waals surface area contributed by atoms with Crippen LogP contribution in [0.3, 0.4) is 0 Å². The Bertz CT molecular complexity index is 1180. The van der Waals surface area contributed by atoms with Gasteiger partial charge in [-0.3, -0.25) is 9.10 Å². The second-order valence-corrected chi connectivity index (χ2v) is 10.2. The van der Waals surface area contributed by atoms with Gasteiger partial charge in [-0.15, -0.1) is 11.3 Å². The molecule has 2 heterocycles. The van der Waals surface area contributed by atoms with Gasteiger partial charge in [-0.25, -0.2) is 12.8 Å². The first-order chi connectivity index (χ1) is 14.9. The number of thiophene rings is 1. The lowest BCUT2D eigenvalue weighted by Gasteiger charge is -2.29. The Balaban J connectivity index is 1.42. The topological polar surface area (TPSA) is 66.9 Å². The van der Waals surface area contributed by atoms with Crippen molar-refractivity contribution in [1.82, 2.24) is 0 Å². The standard InChI is InChI=1S/C22H21FN2O4S2/c1-24(31(27,28)21-8-4-14-30-21)17-9-11-18(12-10-17)29-15-20(26)25-13-3-6-16-5-2-7-19(23)22(16)25/h2,4-5,7-12,14H,3,6,13,15H2,1H3. The van der Waals surface area contributed by atoms with Gasteiger partial charge in [0.15, 0.2) is 6.61 Å². The number of hydrogen-bond donors (Lipinski definition) is 0. The van der Waals surface area contributed by atoms with Gasteiger partial charge < -0.3 is 9.64 Å². The fraction of sp³-hybridized carbons (Fsp3) is 0.227. The first kappa shape index (κ1) is 21.3. The van der Waals surface area contributed by atoms with Crippen LogP contribution in [-0.2, 0) is 21.2 Å². The van der Waals surface area contributed by atoms with E-state index in [2.05, 4.69) is 0 Å². The maximum atomic E-state index is 14.3. The maximum absolute atomic E-state index is 14.3. The lowest BCUT2D eigenvalue weighted by Crippen LogP contribution is -2.39. The smallest absolute Gasteiger partial charge is 0.273 e. The molecule has 6 nitrogen and oxygen atoms in total. The number of halogens is 1. The summed E-state index contributed by atoms with van der Waals surface area (Å²) < 4.78 is 46.6. The number of carbonyl (C=O) groups is 1. The van der Waals surface area contributed by atoms with Gasteiger partial charge in [-0.2, -0.15) is 0 Å². The third kappa shape index (κ3) is 4.28. The Morgan fingerprint density at radius 3 is 2.65 bits per heavy atom. The second-order valence-electron chi connectivity index (χ2n) is 7.08. The number of aryl methyl sites for hydroxylation is 1. The Morgan fingerprint density at radius 1 is 1.16 bits per heavy atom. The van der Waals surface area contributed by atoms with E-state index in [9.17, 15) is 17.6 Å². The van der Waals surface area contributed by atoms with Crippen LogP contribution in [0.25, 0.3) is 0 Å². The summed E-state index contributed by atoms with van der Waals surface area (Å²) >= 11 is 1.15. The number of benzene rings is 2. The number of ether oxygens (including phenoxy) is 1. The van der Waals surface area contributed by atoms with Crippen LogP contribution in [0.2, 0.25) is 0 Å². The maximum Gasteiger partial charge on any atom is 0.273 e. The van der Waals surface area contributed by atoms with E-state index in [0.29, 0.717) is 23.7 Å². The molecule has 0 N–H and O–H groups in total. The minimum Gasteiger partial charge on any atom is -0.484 e. The lowest BCUT2D eigenvalue weighted by molar-refractivity contribution is -0.120. The van der Waals surface area contributed by atoms with E-state index in [1.165, 1.54) is 22.3 Å². The van der Waals surface area contributed by atoms with E-state index in [1.54, 1.807) is 47.8 Å². The van der Waals surface area contributed by atoms with Crippen LogP contribution in [0, 0.1) is 5.82 Å². The van der Waals surface area contributed by atoms with Crippen molar-refractivity contribution in [1.29, 1.82) is 0 Å². The van der Waals surface area contributed by atoms with Crippen LogP contribution in [-0.4, -0.2) is 34.5 Å². The van der Waals surface area contributed by atoms with Crippen LogP contribution in [0.15, 0.2) is 64.2 Å². The van der Waals surface area contributed by atoms with Crippen molar-refractivity contribution in [3.05, 3.63) is 71.4 Å². The molecule has 0 atom stereocenters. The summed E-state index contributed by atoms with van der Waals surface area (Å²) in [6.45, 7) is 0.205. The molecule has 1 amide bonds. The van der Waals surface area contributed by atoms with E-state index in [0.717, 1.165) is 29.7 Å². The SMILES string of the molecule is CN(c1ccc(OCC(=O)N2CCCc3cccc(F)c32)cc1)S(=O)(=O)c1cccs1. The first-order valence-corrected chi connectivity index (χ1v) is 12.0. The zero-order valence-electron chi connectivity index (χ0n) is 16.8. The number of rotatable bonds is 6. The number of nitrogens with zero attached hydrogens (tertiary/aromatic N) is 2. The number of anilines is 2. The van der Waals surface area contributed by atoms with Gasteiger partial charge in [0, 0.05) is 13.6 Å². The van der Waals surface area contributed by atoms with Crippen molar-refractivity contribution in [2.45, 2.75) is 17.1 Å². The summed E-state index contributed by atoms with van der Waals surface area (Å²) in [6, 6.07) is 14.5. The predicted octanol–water partition coefficient (Wildman–Crippen LogP) is 4.07. The fourth-order valence-electron chi connectivity index (χ4n) is 3.51. The molecular formula is C22H21FN2O4S2. The minimum absolute atomic E-state index is 0.240. The second kappa shape index (κ2) is 8.68. The van der Waals surface area contributed by atoms with Crippen LogP contribution >= 0.6 is 11.3 Å². The van der Waals surface area contributed by atoms with Crippen molar-refractivity contribution < 1.29 is 22.3 Å². The molecule has 4 rings (SSSR count). The Hall–Kier alpha value is -2.91. The van der Waals surface area contributed by atoms with Gasteiger partial charge >= 0.3 is 0 Å². The number of amides is 1. The summed E-state index contributed by atoms with van der Waals surface area (Å²) in [5.41, 5.74) is 1.62. The average Bonchev–Trinajstić information content (AvgIpc) is 3.33. The van der Waals surface area contributed by atoms with Crippen molar-refractivity contribution in [3.8, 4) is 5.75 Å². The van der Waals surface area contributed by atoms with Gasteiger partial charge in [-0.1, -0.05) is 18.2 Å². The average molecular weight is 461 g/mol. The molecule has 0 fully saturated rings. The first-order valence-electron chi connectivity index (χ1n) is 9.71. The highest BCUT2D eigenvalue weighted by Crippen LogP contribution is 2.30. The van der Waals surface area contributed by atoms with Gasteiger partial charge in [-0.05, 0) is 60.2 Å². The minimum atomic E-state index is -3.62. The molecule has 1 aromatic heterocycles. The van der Waals surface area contributed by atoms with Crippen LogP contribution in [0.4, 0.5) is 15.8 Å². The van der Waals surface area contributed by atoms with Gasteiger partial charge in [0.05, 0.1) is 11.4 Å². The molecule has 162 valence electrons. The lowest BCUT2D eigenvalue weighted by atomic mass is 10.0. The molecule has 3 aromatic rings. The Labute approximate surface area is 184 Å². The zero-order chi connectivity index (χ0) is 22.0. The number of carbonyl (C=O) groups excluding carboxylic acids is 1. The molecule has 0 saturated carbocycles. The molecule has 0 unspecified atom stereocenters. The number of para-hydroxylation sites is 1. The molecule has 1 aliphatic rings. The number of fused-ring (bicyclic) bond motifs is 1. The van der Waals surface area contributed by atoms with Crippen molar-refractivity contribution in [2.75, 3.05) is 29.4 Å². The summed E-state index contributed by atoms with van der Waals surface area (Å²) in [5, 5.41) is 1.71. The van der Waals surface area contributed by atoms with Gasteiger partial charge in [0.25, 0.3) is 15.9 Å². The van der Waals surface area contributed by atoms with Crippen molar-refractivity contribution in [2.24, 2.45) is 0 Å². The molecule has 0 saturated heterocycles. The van der Waals surface area contributed by atoms with Crippen LogP contribution in [0.5, 0.6) is 5.75 Å². The summed E-state index contributed by atoms with van der Waals surface area (Å²) in [6.07, 6.45) is 1.50. The summed E-state index contributed by atoms with van der Waals surface area (Å²) in [4.78, 5) is 14.1. The third-order valence-corrected chi connectivity index (χ3v) is 8.30. The molecule has 0 bridgehead atoms. The highest BCUT2D eigenvalue weighted by atomic mass is 32.2. The van der Waals surface area contributed by atoms with Crippen LogP contribution < -0.4 is 13.9 Å². The fourth-order valence-corrected chi connectivity index (χ4v) is 5.87. The van der Waals surface area contributed by atoms with E-state index >= 15 is 0 Å². The molecule has 1 aliphatic heterocycles. The molecule has 0 aliphatic carbocycles. The van der Waals surface area contributed by atoms with E-state index < -0.39 is 15.8 Å². The largest absolute Gasteiger partial charge is 0.484 e. The Morgan fingerprint density at radius 2 is 1.94 bits per heavy atom. The van der Waals surface area contributed by atoms with Gasteiger partial charge in [0.1, 0.15) is 15.8 Å². The zero-order valence-corrected chi connectivity index (χ0v) is 18.5. The predicted molar refractivity (Wildman–Crippen MR) is 119 cm³/mol. The van der Waals surface area contributed by atoms with Crippen molar-refractivity contribution >= 4 is 38.6 Å². The molecule has 9 heteroatoms. The Kier molecular flexibility index (Phi) is 5.97. The molecule has 0 radical (unpaired) electrons. The molecule has 0 spiro atoms. The third-order valence-electron chi connectivity index (χ3n) is 5.14. The normalized spacial score (nSPS) is 13.5. The van der Waals surface area contributed by atoms with Gasteiger partial charge in [0.2, 0.25) is 0 Å². The quantitative estimate of drug-likeness (QED) is 0.556. The highest BCUT2D eigenvalue weighted by molar-refractivity contribution is 7.94. The summed E-state index contributed by atoms with van der Waals surface area (Å²) in [5.74, 6) is -0.317. The molecule has 31 heavy (non-hydrogen) atoms.